The molecule has 2 atom stereocenters. The van der Waals surface area contributed by atoms with Crippen molar-refractivity contribution in [3.8, 4) is 0 Å². The fourth-order valence-corrected chi connectivity index (χ4v) is 1.12. The first kappa shape index (κ1) is 10.2. The molecule has 0 bridgehead atoms. The molecule has 1 rings (SSSR count). The second-order valence-corrected chi connectivity index (χ2v) is 2.51. The first-order valence-corrected chi connectivity index (χ1v) is 3.35. The van der Waals surface area contributed by atoms with Crippen molar-refractivity contribution in [1.29, 1.82) is 0 Å². The van der Waals surface area contributed by atoms with Crippen LogP contribution >= 0.6 is 12.4 Å². The minimum Gasteiger partial charge on any atom is -0.395 e. The van der Waals surface area contributed by atoms with Crippen LogP contribution in [0.2, 0.25) is 0 Å². The molecule has 3 nitrogen and oxygen atoms in total. The maximum absolute atomic E-state index is 9.06. The average Bonchev–Trinajstić information content (AvgIpc) is 1.88. The summed E-state index contributed by atoms with van der Waals surface area (Å²) in [5, 5.41) is 20.8. The summed E-state index contributed by atoms with van der Waals surface area (Å²) in [6.45, 7) is 0.962. The lowest BCUT2D eigenvalue weighted by molar-refractivity contribution is 0.0956. The van der Waals surface area contributed by atoms with Crippen molar-refractivity contribution in [2.24, 2.45) is 0 Å². The van der Waals surface area contributed by atoms with E-state index in [4.69, 9.17) is 10.2 Å². The first-order valence-electron chi connectivity index (χ1n) is 3.35. The predicted molar refractivity (Wildman–Crippen MR) is 41.4 cm³/mol. The maximum Gasteiger partial charge on any atom is 0.0585 e. The van der Waals surface area contributed by atoms with Gasteiger partial charge >= 0.3 is 0 Å². The van der Waals surface area contributed by atoms with Gasteiger partial charge in [-0.2, -0.15) is 0 Å². The lowest BCUT2D eigenvalue weighted by atomic mass is 10.0. The summed E-state index contributed by atoms with van der Waals surface area (Å²) in [5.74, 6) is 0. The Bertz CT molecular complexity index is 91.8. The topological polar surface area (TPSA) is 52.5 Å². The van der Waals surface area contributed by atoms with Gasteiger partial charge in [0.1, 0.15) is 0 Å². The van der Waals surface area contributed by atoms with E-state index in [2.05, 4.69) is 5.32 Å². The molecule has 0 saturated carbocycles. The highest BCUT2D eigenvalue weighted by Gasteiger charge is 2.17. The molecular formula is C6H14ClNO2. The molecule has 0 aliphatic carbocycles. The van der Waals surface area contributed by atoms with Gasteiger partial charge in [0, 0.05) is 6.04 Å². The second kappa shape index (κ2) is 4.91. The van der Waals surface area contributed by atoms with Crippen LogP contribution in [-0.4, -0.2) is 35.5 Å². The molecule has 1 aliphatic rings. The van der Waals surface area contributed by atoms with Gasteiger partial charge in [0.15, 0.2) is 0 Å². The van der Waals surface area contributed by atoms with Crippen molar-refractivity contribution >= 4 is 12.4 Å². The van der Waals surface area contributed by atoms with E-state index < -0.39 is 0 Å². The Kier molecular flexibility index (Phi) is 4.99. The smallest absolute Gasteiger partial charge is 0.0585 e. The Morgan fingerprint density at radius 1 is 1.50 bits per heavy atom. The third-order valence-electron chi connectivity index (χ3n) is 1.69. The van der Waals surface area contributed by atoms with E-state index in [0.29, 0.717) is 6.42 Å². The van der Waals surface area contributed by atoms with Crippen LogP contribution in [0.3, 0.4) is 0 Å². The summed E-state index contributed by atoms with van der Waals surface area (Å²) in [6.07, 6.45) is 1.30. The Morgan fingerprint density at radius 3 is 2.60 bits per heavy atom. The number of halogens is 1. The summed E-state index contributed by atoms with van der Waals surface area (Å²) in [7, 11) is 0. The van der Waals surface area contributed by atoms with Crippen LogP contribution < -0.4 is 5.32 Å². The van der Waals surface area contributed by atoms with Gasteiger partial charge in [-0.05, 0) is 19.4 Å². The molecule has 0 spiro atoms. The average molecular weight is 168 g/mol. The van der Waals surface area contributed by atoms with Crippen molar-refractivity contribution in [2.45, 2.75) is 25.0 Å². The zero-order valence-electron chi connectivity index (χ0n) is 5.79. The number of hydrogen-bond donors (Lipinski definition) is 3. The van der Waals surface area contributed by atoms with E-state index in [1.54, 1.807) is 0 Å². The van der Waals surface area contributed by atoms with Gasteiger partial charge in [-0.1, -0.05) is 0 Å². The number of aliphatic hydroxyl groups is 2. The van der Waals surface area contributed by atoms with Crippen molar-refractivity contribution in [1.82, 2.24) is 5.32 Å². The van der Waals surface area contributed by atoms with Crippen molar-refractivity contribution in [3.05, 3.63) is 0 Å². The van der Waals surface area contributed by atoms with Gasteiger partial charge in [-0.3, -0.25) is 0 Å². The van der Waals surface area contributed by atoms with Crippen LogP contribution in [0.15, 0.2) is 0 Å². The largest absolute Gasteiger partial charge is 0.395 e. The van der Waals surface area contributed by atoms with Crippen LogP contribution in [0.5, 0.6) is 0 Å². The number of aliphatic hydroxyl groups excluding tert-OH is 2. The highest BCUT2D eigenvalue weighted by atomic mass is 35.5. The third kappa shape index (κ3) is 2.84. The maximum atomic E-state index is 9.06. The van der Waals surface area contributed by atoms with E-state index >= 15 is 0 Å². The zero-order chi connectivity index (χ0) is 6.69. The van der Waals surface area contributed by atoms with Crippen LogP contribution in [0.1, 0.15) is 12.8 Å². The van der Waals surface area contributed by atoms with Crippen LogP contribution in [0, 0.1) is 0 Å². The Morgan fingerprint density at radius 2 is 2.20 bits per heavy atom. The minimum atomic E-state index is -0.205. The second-order valence-electron chi connectivity index (χ2n) is 2.51. The zero-order valence-corrected chi connectivity index (χ0v) is 6.60. The normalized spacial score (nSPS) is 33.0. The van der Waals surface area contributed by atoms with E-state index in [1.165, 1.54) is 0 Å². The van der Waals surface area contributed by atoms with Gasteiger partial charge < -0.3 is 15.5 Å². The minimum absolute atomic E-state index is 0. The molecule has 0 amide bonds. The highest BCUT2D eigenvalue weighted by molar-refractivity contribution is 5.85. The molecule has 4 heteroatoms. The summed E-state index contributed by atoms with van der Waals surface area (Å²) >= 11 is 0. The number of hydrogen-bond acceptors (Lipinski definition) is 3. The molecule has 1 saturated heterocycles. The lowest BCUT2D eigenvalue weighted by Gasteiger charge is -2.25. The fraction of sp³-hybridized carbons (Fsp3) is 1.00. The molecule has 0 radical (unpaired) electrons. The molecule has 1 fully saturated rings. The van der Waals surface area contributed by atoms with E-state index in [9.17, 15) is 0 Å². The van der Waals surface area contributed by atoms with E-state index in [0.717, 1.165) is 13.0 Å². The van der Waals surface area contributed by atoms with Crippen LogP contribution in [-0.2, 0) is 0 Å². The molecule has 10 heavy (non-hydrogen) atoms. The monoisotopic (exact) mass is 167 g/mol. The van der Waals surface area contributed by atoms with Gasteiger partial charge in [0.25, 0.3) is 0 Å². The van der Waals surface area contributed by atoms with Gasteiger partial charge in [-0.15, -0.1) is 12.4 Å². The van der Waals surface area contributed by atoms with Gasteiger partial charge in [-0.25, -0.2) is 0 Å². The third-order valence-corrected chi connectivity index (χ3v) is 1.69. The van der Waals surface area contributed by atoms with E-state index in [1.807, 2.05) is 0 Å². The highest BCUT2D eigenvalue weighted by Crippen LogP contribution is 2.06. The SMILES string of the molecule is Cl.OC[C@@H]1C[C@@H](O)CCN1. The molecule has 0 aromatic heterocycles. The van der Waals surface area contributed by atoms with Crippen molar-refractivity contribution < 1.29 is 10.2 Å². The fourth-order valence-electron chi connectivity index (χ4n) is 1.12. The molecule has 3 N–H and O–H groups in total. The van der Waals surface area contributed by atoms with Crippen LogP contribution in [0.4, 0.5) is 0 Å². The summed E-state index contributed by atoms with van der Waals surface area (Å²) in [5.41, 5.74) is 0. The molecule has 1 aliphatic heterocycles. The lowest BCUT2D eigenvalue weighted by Crippen LogP contribution is -2.42. The molecule has 62 valence electrons. The Labute approximate surface area is 66.8 Å². The van der Waals surface area contributed by atoms with Crippen molar-refractivity contribution in [2.75, 3.05) is 13.2 Å². The first-order chi connectivity index (χ1) is 4.33. The molecular weight excluding hydrogens is 154 g/mol. The standard InChI is InChI=1S/C6H13NO2.ClH/c8-4-5-3-6(9)1-2-7-5;/h5-9H,1-4H2;1H/t5-,6-;/m0./s1. The van der Waals surface area contributed by atoms with Gasteiger partial charge in [0.2, 0.25) is 0 Å². The van der Waals surface area contributed by atoms with Crippen LogP contribution in [0.25, 0.3) is 0 Å². The summed E-state index contributed by atoms with van der Waals surface area (Å²) < 4.78 is 0. The number of rotatable bonds is 1. The van der Waals surface area contributed by atoms with E-state index in [-0.39, 0.29) is 31.2 Å². The van der Waals surface area contributed by atoms with Crippen molar-refractivity contribution in [3.63, 3.8) is 0 Å². The number of piperidine rings is 1. The predicted octanol–water partition coefficient (Wildman–Crippen LogP) is -0.487. The van der Waals surface area contributed by atoms with Gasteiger partial charge in [0.05, 0.1) is 12.7 Å². The summed E-state index contributed by atoms with van der Waals surface area (Å²) in [4.78, 5) is 0. The quantitative estimate of drug-likeness (QED) is 0.494. The Balaban J connectivity index is 0.000000810. The number of nitrogens with one attached hydrogen (secondary N) is 1. The molecule has 1 heterocycles. The molecule has 0 aromatic carbocycles. The molecule has 0 aromatic rings. The molecule has 0 unspecified atom stereocenters. The Hall–Kier alpha value is 0.170. The summed E-state index contributed by atoms with van der Waals surface area (Å²) in [6, 6.07) is 0.119.